The van der Waals surface area contributed by atoms with Crippen LogP contribution in [0.1, 0.15) is 25.2 Å². The monoisotopic (exact) mass is 267 g/mol. The number of aromatic amines is 1. The molecule has 3 N–H and O–H groups in total. The molecule has 0 fully saturated rings. The smallest absolute Gasteiger partial charge is 0.321 e. The highest BCUT2D eigenvalue weighted by Gasteiger charge is 2.37. The molecule has 0 bridgehead atoms. The van der Waals surface area contributed by atoms with E-state index in [0.717, 1.165) is 11.4 Å². The highest BCUT2D eigenvalue weighted by Crippen LogP contribution is 2.27. The van der Waals surface area contributed by atoms with Crippen molar-refractivity contribution in [1.29, 1.82) is 0 Å². The maximum Gasteiger partial charge on any atom is 0.321 e. The molecule has 2 rings (SSSR count). The Kier molecular flexibility index (Phi) is 4.79. The zero-order valence-electron chi connectivity index (χ0n) is 8.98. The SMILES string of the molecule is CC1(C)N[C@H](C(=O)O)Cc2[nH]cnc21.Cl.Cl. The molecular weight excluding hydrogens is 253 g/mol. The van der Waals surface area contributed by atoms with Crippen LogP contribution in [0.4, 0.5) is 0 Å². The van der Waals surface area contributed by atoms with E-state index in [1.165, 1.54) is 0 Å². The summed E-state index contributed by atoms with van der Waals surface area (Å²) in [6.45, 7) is 3.86. The minimum absolute atomic E-state index is 0. The van der Waals surface area contributed by atoms with E-state index in [2.05, 4.69) is 15.3 Å². The first-order valence-corrected chi connectivity index (χ1v) is 4.54. The fraction of sp³-hybridized carbons (Fsp3) is 0.556. The molecule has 0 aromatic carbocycles. The summed E-state index contributed by atoms with van der Waals surface area (Å²) in [4.78, 5) is 18.1. The number of carboxylic acid groups (broad SMARTS) is 1. The summed E-state index contributed by atoms with van der Waals surface area (Å²) in [5.41, 5.74) is 1.45. The van der Waals surface area contributed by atoms with Gasteiger partial charge in [0, 0.05) is 12.1 Å². The van der Waals surface area contributed by atoms with E-state index in [-0.39, 0.29) is 30.4 Å². The highest BCUT2D eigenvalue weighted by atomic mass is 35.5. The van der Waals surface area contributed by atoms with Crippen LogP contribution in [0, 0.1) is 0 Å². The number of imidazole rings is 1. The Morgan fingerprint density at radius 3 is 2.75 bits per heavy atom. The number of hydrogen-bond donors (Lipinski definition) is 3. The second kappa shape index (κ2) is 5.03. The molecule has 0 radical (unpaired) electrons. The van der Waals surface area contributed by atoms with Crippen molar-refractivity contribution in [2.24, 2.45) is 0 Å². The minimum Gasteiger partial charge on any atom is -0.480 e. The molecular formula is C9H15Cl2N3O2. The maximum atomic E-state index is 10.9. The third-order valence-corrected chi connectivity index (χ3v) is 2.55. The molecule has 7 heteroatoms. The zero-order valence-corrected chi connectivity index (χ0v) is 10.6. The van der Waals surface area contributed by atoms with Gasteiger partial charge < -0.3 is 10.1 Å². The van der Waals surface area contributed by atoms with Gasteiger partial charge in [-0.3, -0.25) is 10.1 Å². The molecule has 1 aromatic heterocycles. The van der Waals surface area contributed by atoms with E-state index in [1.807, 2.05) is 13.8 Å². The van der Waals surface area contributed by atoms with E-state index in [0.29, 0.717) is 6.42 Å². The van der Waals surface area contributed by atoms with Crippen LogP contribution in [-0.2, 0) is 16.8 Å². The topological polar surface area (TPSA) is 78.0 Å². The first kappa shape index (κ1) is 15.2. The number of nitrogens with zero attached hydrogens (tertiary/aromatic N) is 1. The van der Waals surface area contributed by atoms with Crippen molar-refractivity contribution >= 4 is 30.8 Å². The van der Waals surface area contributed by atoms with Gasteiger partial charge in [0.05, 0.1) is 17.6 Å². The number of carbonyl (C=O) groups is 1. The molecule has 0 aliphatic carbocycles. The average molecular weight is 268 g/mol. The molecule has 1 aliphatic heterocycles. The maximum absolute atomic E-state index is 10.9. The van der Waals surface area contributed by atoms with E-state index >= 15 is 0 Å². The number of aromatic nitrogens is 2. The summed E-state index contributed by atoms with van der Waals surface area (Å²) >= 11 is 0. The van der Waals surface area contributed by atoms with Gasteiger partial charge in [0.15, 0.2) is 0 Å². The molecule has 0 amide bonds. The molecule has 0 spiro atoms. The van der Waals surface area contributed by atoms with Gasteiger partial charge in [-0.15, -0.1) is 24.8 Å². The minimum atomic E-state index is -0.821. The molecule has 92 valence electrons. The van der Waals surface area contributed by atoms with E-state index in [4.69, 9.17) is 5.11 Å². The number of carboxylic acids is 1. The van der Waals surface area contributed by atoms with Gasteiger partial charge in [-0.25, -0.2) is 4.98 Å². The van der Waals surface area contributed by atoms with Crippen LogP contribution >= 0.6 is 24.8 Å². The lowest BCUT2D eigenvalue weighted by Crippen LogP contribution is -2.52. The molecule has 5 nitrogen and oxygen atoms in total. The quantitative estimate of drug-likeness (QED) is 0.712. The summed E-state index contributed by atoms with van der Waals surface area (Å²) in [5, 5.41) is 12.0. The fourth-order valence-corrected chi connectivity index (χ4v) is 1.92. The van der Waals surface area contributed by atoms with Crippen molar-refractivity contribution in [1.82, 2.24) is 15.3 Å². The summed E-state index contributed by atoms with van der Waals surface area (Å²) in [5.74, 6) is -0.821. The Bertz CT molecular complexity index is 379. The predicted octanol–water partition coefficient (Wildman–Crippen LogP) is 1.09. The summed E-state index contributed by atoms with van der Waals surface area (Å²) in [7, 11) is 0. The Hall–Kier alpha value is -0.780. The van der Waals surface area contributed by atoms with Crippen LogP contribution in [0.2, 0.25) is 0 Å². The second-order valence-corrected chi connectivity index (χ2v) is 4.09. The van der Waals surface area contributed by atoms with Gasteiger partial charge in [0.2, 0.25) is 0 Å². The lowest BCUT2D eigenvalue weighted by molar-refractivity contribution is -0.140. The Balaban J connectivity index is 0.00000112. The first-order chi connectivity index (χ1) is 6.50. The predicted molar refractivity (Wildman–Crippen MR) is 64.4 cm³/mol. The van der Waals surface area contributed by atoms with Gasteiger partial charge >= 0.3 is 5.97 Å². The second-order valence-electron chi connectivity index (χ2n) is 4.09. The highest BCUT2D eigenvalue weighted by molar-refractivity contribution is 5.85. The largest absolute Gasteiger partial charge is 0.480 e. The summed E-state index contributed by atoms with van der Waals surface area (Å²) in [6.07, 6.45) is 2.08. The molecule has 1 atom stereocenters. The summed E-state index contributed by atoms with van der Waals surface area (Å²) < 4.78 is 0. The van der Waals surface area contributed by atoms with Crippen molar-refractivity contribution < 1.29 is 9.90 Å². The average Bonchev–Trinajstić information content (AvgIpc) is 2.51. The van der Waals surface area contributed by atoms with Crippen LogP contribution in [0.15, 0.2) is 6.33 Å². The third kappa shape index (κ3) is 2.48. The number of halogens is 2. The number of rotatable bonds is 1. The number of hydrogen-bond acceptors (Lipinski definition) is 3. The molecule has 0 unspecified atom stereocenters. The van der Waals surface area contributed by atoms with Crippen molar-refractivity contribution in [3.8, 4) is 0 Å². The van der Waals surface area contributed by atoms with Gasteiger partial charge in [-0.2, -0.15) is 0 Å². The third-order valence-electron chi connectivity index (χ3n) is 2.55. The standard InChI is InChI=1S/C9H13N3O2.2ClH/c1-9(2)7-5(10-4-11-7)3-6(12-9)8(13)14;;/h4,6,12H,3H2,1-2H3,(H,10,11)(H,13,14);2*1H/t6-;;/m0../s1. The number of fused-ring (bicyclic) bond motifs is 1. The lowest BCUT2D eigenvalue weighted by atomic mass is 9.90. The van der Waals surface area contributed by atoms with E-state index in [1.54, 1.807) is 6.33 Å². The molecule has 0 saturated heterocycles. The Morgan fingerprint density at radius 1 is 1.56 bits per heavy atom. The number of aliphatic carboxylic acids is 1. The lowest BCUT2D eigenvalue weighted by Gasteiger charge is -2.34. The first-order valence-electron chi connectivity index (χ1n) is 4.54. The molecule has 0 saturated carbocycles. The van der Waals surface area contributed by atoms with Crippen molar-refractivity contribution in [2.75, 3.05) is 0 Å². The Labute approximate surface area is 106 Å². The van der Waals surface area contributed by atoms with Crippen LogP contribution in [0.3, 0.4) is 0 Å². The zero-order chi connectivity index (χ0) is 10.3. The van der Waals surface area contributed by atoms with Gasteiger partial charge in [-0.05, 0) is 13.8 Å². The van der Waals surface area contributed by atoms with Crippen LogP contribution in [0.25, 0.3) is 0 Å². The van der Waals surface area contributed by atoms with Gasteiger partial charge in [0.25, 0.3) is 0 Å². The normalized spacial score (nSPS) is 21.2. The van der Waals surface area contributed by atoms with E-state index < -0.39 is 12.0 Å². The number of H-pyrrole nitrogens is 1. The molecule has 16 heavy (non-hydrogen) atoms. The summed E-state index contributed by atoms with van der Waals surface area (Å²) in [6, 6.07) is -0.530. The van der Waals surface area contributed by atoms with Crippen molar-refractivity contribution in [3.05, 3.63) is 17.7 Å². The van der Waals surface area contributed by atoms with Gasteiger partial charge in [0.1, 0.15) is 6.04 Å². The fourth-order valence-electron chi connectivity index (χ4n) is 1.92. The molecule has 1 aliphatic rings. The van der Waals surface area contributed by atoms with Crippen molar-refractivity contribution in [3.63, 3.8) is 0 Å². The van der Waals surface area contributed by atoms with Crippen LogP contribution in [0.5, 0.6) is 0 Å². The van der Waals surface area contributed by atoms with Crippen LogP contribution < -0.4 is 5.32 Å². The molecule has 1 aromatic rings. The Morgan fingerprint density at radius 2 is 2.19 bits per heavy atom. The van der Waals surface area contributed by atoms with Gasteiger partial charge in [-0.1, -0.05) is 0 Å². The van der Waals surface area contributed by atoms with E-state index in [9.17, 15) is 4.79 Å². The van der Waals surface area contributed by atoms with Crippen molar-refractivity contribution in [2.45, 2.75) is 31.8 Å². The molecule has 2 heterocycles. The number of nitrogens with one attached hydrogen (secondary N) is 2. The van der Waals surface area contributed by atoms with Crippen LogP contribution in [-0.4, -0.2) is 27.1 Å².